The van der Waals surface area contributed by atoms with Crippen molar-refractivity contribution in [3.05, 3.63) is 380 Å². The number of methoxy groups -OCH3 is 1. The van der Waals surface area contributed by atoms with Gasteiger partial charge in [-0.25, -0.2) is 0 Å². The summed E-state index contributed by atoms with van der Waals surface area (Å²) in [5, 5.41) is 34.9. The maximum atomic E-state index is 12.7. The molecule has 9 aromatic carbocycles. The molecule has 0 N–H and O–H groups in total. The van der Waals surface area contributed by atoms with Crippen molar-refractivity contribution in [2.24, 2.45) is 5.92 Å². The Balaban J connectivity index is 0.000000143. The number of para-hydroxylation sites is 1. The van der Waals surface area contributed by atoms with Gasteiger partial charge in [0.1, 0.15) is 17.3 Å². The Bertz CT molecular complexity index is 6360. The number of ether oxygens (including phenoxy) is 1. The van der Waals surface area contributed by atoms with E-state index in [1.54, 1.807) is 68.6 Å². The van der Waals surface area contributed by atoms with Crippen LogP contribution in [-0.4, -0.2) is 161 Å². The minimum atomic E-state index is -0.370. The minimum absolute atomic E-state index is 0.0363. The fourth-order valence-electron chi connectivity index (χ4n) is 19.5. The molecule has 0 atom stereocenters. The van der Waals surface area contributed by atoms with Crippen molar-refractivity contribution in [3.8, 4) is 5.75 Å². The van der Waals surface area contributed by atoms with E-state index in [4.69, 9.17) is 52.8 Å². The summed E-state index contributed by atoms with van der Waals surface area (Å²) >= 11 is 18.2. The van der Waals surface area contributed by atoms with E-state index >= 15 is 0 Å². The Hall–Kier alpha value is -11.9. The lowest BCUT2D eigenvalue weighted by atomic mass is 9.75. The number of hydrogen-bond acceptors (Lipinski definition) is 20. The van der Waals surface area contributed by atoms with E-state index in [1.807, 2.05) is 91.5 Å². The average molecular weight is 1970 g/mol. The Morgan fingerprint density at radius 2 is 1.13 bits per heavy atom. The van der Waals surface area contributed by atoms with Gasteiger partial charge in [-0.1, -0.05) is 195 Å². The summed E-state index contributed by atoms with van der Waals surface area (Å²) in [6.07, 6.45) is 22.8. The molecule has 0 bridgehead atoms. The molecule has 2 aliphatic carbocycles. The second kappa shape index (κ2) is 52.7. The molecule has 6 aliphatic rings. The molecule has 7 heterocycles. The third kappa shape index (κ3) is 30.8. The number of carbonyl (C=O) groups is 1. The second-order valence-electron chi connectivity index (χ2n) is 37.8. The largest absolute Gasteiger partial charge is 0.496 e. The van der Waals surface area contributed by atoms with Gasteiger partial charge in [-0.05, 0) is 252 Å². The Morgan fingerprint density at radius 1 is 0.539 bits per heavy atom. The van der Waals surface area contributed by atoms with Crippen LogP contribution in [0.2, 0.25) is 15.1 Å². The standard InChI is InChI=1S/C25H27NO2.C24H33NO.C17H19ClN2O3.C16H18Cl2N2O2.C16H19N3O3.C16H18N2O2/c1-18-6-2-3-7-23(18)21-13-10-19(11-14-21)16-20-12-15-22(17-20)24-8-4-5-9-25(24)26(27)28;1-4-6-7-8-19-9-11-20(12-10-19)17-25-14-13-22-15-21(5-2)24(26-3)16-23(22)18-25;1-11-7-14-16(22)13(10-23-17(14)15(18)8-11)9-19-3-5-20(6-4-19)12(2)21;1-19-3-2-4-20(6-5-19)9-11-10-22-16-13(15(11)21)7-12(17)8-14(16)18;1-13-2-7-16(22-13)12-17-8-10-18(11-9-17)14-3-5-15(6-4-14)19(20)21;1-2-17(12-14-6-4-3-5-7-14)13-15-8-10-16(11-9-15)18(19)20/h2-9,12,15,19,21H,10-11,13-14,16-17H2,1H3;9-12,15-16H,4-8,13-14,17-18H2,1-3H3;7-8,10H,3-6,9H2,1-2H3;7-8,10H,2-6,9H2,1H3;2-7H,8-12H2,1H3;3-11H,2,12-13H2,1H3. The number of fused-ring (bicyclic) bond motifs is 3. The fraction of sp³-hybridized carbons (Fsp3) is 0.395. The number of allylic oxidation sites excluding steroid dienone is 4. The summed E-state index contributed by atoms with van der Waals surface area (Å²) in [6, 6.07) is 64.4. The van der Waals surface area contributed by atoms with E-state index in [1.165, 1.54) is 114 Å². The third-order valence-corrected chi connectivity index (χ3v) is 28.3. The van der Waals surface area contributed by atoms with Crippen LogP contribution in [0.4, 0.5) is 22.7 Å². The summed E-state index contributed by atoms with van der Waals surface area (Å²) in [6.45, 7) is 32.7. The summed E-state index contributed by atoms with van der Waals surface area (Å²) < 4.78 is 22.4. The molecule has 4 aliphatic heterocycles. The Labute approximate surface area is 843 Å². The number of piperazine rings is 2. The van der Waals surface area contributed by atoms with Crippen LogP contribution in [0, 0.1) is 57.0 Å². The first-order valence-electron chi connectivity index (χ1n) is 49.6. The molecule has 4 fully saturated rings. The minimum Gasteiger partial charge on any atom is -0.496 e. The van der Waals surface area contributed by atoms with Gasteiger partial charge in [0.25, 0.3) is 17.1 Å². The van der Waals surface area contributed by atoms with Crippen molar-refractivity contribution in [1.82, 2.24) is 34.3 Å². The van der Waals surface area contributed by atoms with Gasteiger partial charge < -0.3 is 32.7 Å². The van der Waals surface area contributed by atoms with Crippen molar-refractivity contribution in [1.29, 1.82) is 0 Å². The number of halogens is 3. The summed E-state index contributed by atoms with van der Waals surface area (Å²) in [5.41, 5.74) is 20.2. The van der Waals surface area contributed by atoms with Gasteiger partial charge in [-0.15, -0.1) is 0 Å². The lowest BCUT2D eigenvalue weighted by molar-refractivity contribution is -0.385. The van der Waals surface area contributed by atoms with Crippen LogP contribution in [0.25, 0.3) is 27.5 Å². The van der Waals surface area contributed by atoms with Gasteiger partial charge in [0, 0.05) is 170 Å². The van der Waals surface area contributed by atoms with Crippen LogP contribution < -0.4 is 20.5 Å². The number of carbonyl (C=O) groups excluding carboxylic acids is 1. The number of amides is 1. The number of unbranched alkanes of at least 4 members (excludes halogenated alkanes) is 2. The molecule has 0 unspecified atom stereocenters. The molecule has 0 spiro atoms. The topological polar surface area (TPSA) is 255 Å². The molecule has 3 saturated heterocycles. The first kappa shape index (κ1) is 106. The smallest absolute Gasteiger partial charge is 0.276 e. The van der Waals surface area contributed by atoms with Gasteiger partial charge in [0.05, 0.1) is 67.3 Å². The molecule has 141 heavy (non-hydrogen) atoms. The van der Waals surface area contributed by atoms with E-state index in [9.17, 15) is 44.7 Å². The summed E-state index contributed by atoms with van der Waals surface area (Å²) in [4.78, 5) is 86.3. The molecule has 744 valence electrons. The number of furan rings is 1. The molecule has 27 heteroatoms. The molecular weight excluding hydrogens is 1840 g/mol. The van der Waals surface area contributed by atoms with Crippen molar-refractivity contribution in [2.75, 3.05) is 111 Å². The number of rotatable bonds is 27. The van der Waals surface area contributed by atoms with E-state index < -0.39 is 0 Å². The van der Waals surface area contributed by atoms with E-state index in [2.05, 4.69) is 154 Å². The molecule has 1 amide bonds. The van der Waals surface area contributed by atoms with Crippen LogP contribution in [-0.2, 0) is 69.9 Å². The fourth-order valence-corrected chi connectivity index (χ4v) is 20.3. The van der Waals surface area contributed by atoms with Gasteiger partial charge in [-0.2, -0.15) is 0 Å². The summed E-state index contributed by atoms with van der Waals surface area (Å²) in [5.74, 6) is 4.53. The SMILES string of the molecule is CC(=O)N1CCN(Cc2coc3c(Cl)cc(C)cc3c2=O)CC1.CCCCCc1ccc(CN2CCc3cc(CC)c(OC)cc3C2)cc1.CCN(Cc1ccccc1)Cc1ccc([N+](=O)[O-])cc1.CN1CCCN(Cc2coc3c(Cl)cc(Cl)cc3c2=O)CC1.Cc1ccc(CN2CCN(c3ccc([N+](=O)[O-])cc3)CC2)o1.Cc1ccccc1C1CCC(CC2=CC=C(c3ccccc3[N+](=O)[O-])C2)CC1. The van der Waals surface area contributed by atoms with Crippen LogP contribution in [0.5, 0.6) is 5.75 Å². The molecule has 18 rings (SSSR count). The predicted octanol–water partition coefficient (Wildman–Crippen LogP) is 24.6. The molecule has 24 nitrogen and oxygen atoms in total. The van der Waals surface area contributed by atoms with Crippen molar-refractivity contribution in [2.45, 2.75) is 184 Å². The maximum absolute atomic E-state index is 12.7. The van der Waals surface area contributed by atoms with Gasteiger partial charge in [-0.3, -0.25) is 69.2 Å². The van der Waals surface area contributed by atoms with Crippen LogP contribution >= 0.6 is 34.8 Å². The third-order valence-electron chi connectivity index (χ3n) is 27.5. The van der Waals surface area contributed by atoms with Crippen LogP contribution in [0.15, 0.2) is 253 Å². The first-order chi connectivity index (χ1) is 68.1. The molecule has 1 saturated carbocycles. The first-order valence-corrected chi connectivity index (χ1v) is 50.7. The number of aryl methyl sites for hydroxylation is 5. The second-order valence-corrected chi connectivity index (χ2v) is 39.1. The lowest BCUT2D eigenvalue weighted by Gasteiger charge is -2.35. The highest BCUT2D eigenvalue weighted by Crippen LogP contribution is 2.43. The lowest BCUT2D eigenvalue weighted by Crippen LogP contribution is -2.47. The number of nitrogens with zero attached hydrogens (tertiary/aromatic N) is 11. The normalized spacial score (nSPS) is 16.4. The van der Waals surface area contributed by atoms with Gasteiger partial charge >= 0.3 is 0 Å². The van der Waals surface area contributed by atoms with Crippen LogP contribution in [0.1, 0.15) is 182 Å². The number of hydrogen-bond donors (Lipinski definition) is 0. The zero-order chi connectivity index (χ0) is 100. The van der Waals surface area contributed by atoms with Crippen molar-refractivity contribution < 1.29 is 37.6 Å². The number of benzene rings is 9. The number of likely N-dealkylation sites (N-methyl/N-ethyl adjacent to an activating group) is 1. The quantitative estimate of drug-likeness (QED) is 0.0263. The Morgan fingerprint density at radius 3 is 1.74 bits per heavy atom. The van der Waals surface area contributed by atoms with E-state index in [0.717, 1.165) is 195 Å². The van der Waals surface area contributed by atoms with Crippen molar-refractivity contribution >= 4 is 91.0 Å². The molecule has 12 aromatic rings. The highest BCUT2D eigenvalue weighted by atomic mass is 35.5. The number of nitro benzene ring substituents is 3. The van der Waals surface area contributed by atoms with Crippen LogP contribution in [0.3, 0.4) is 0 Å². The van der Waals surface area contributed by atoms with Gasteiger partial charge in [0.15, 0.2) is 22.0 Å². The number of anilines is 1. The summed E-state index contributed by atoms with van der Waals surface area (Å²) in [7, 11) is 3.90. The molecular formula is C114H134Cl3N11O13. The van der Waals surface area contributed by atoms with Gasteiger partial charge in [0.2, 0.25) is 5.91 Å². The monoisotopic (exact) mass is 1970 g/mol. The zero-order valence-corrected chi connectivity index (χ0v) is 85.2. The average Bonchev–Trinajstić information content (AvgIpc) is 1.74. The van der Waals surface area contributed by atoms with E-state index in [-0.39, 0.29) is 48.6 Å². The molecule has 3 aromatic heterocycles. The number of non-ortho nitro benzene ring substituents is 2. The van der Waals surface area contributed by atoms with Crippen molar-refractivity contribution in [3.63, 3.8) is 0 Å². The Kier molecular flexibility index (Phi) is 39.8. The predicted molar refractivity (Wildman–Crippen MR) is 567 cm³/mol. The van der Waals surface area contributed by atoms with E-state index in [0.29, 0.717) is 80.2 Å². The number of nitro groups is 3. The maximum Gasteiger partial charge on any atom is 0.276 e. The molecule has 0 radical (unpaired) electrons. The highest BCUT2D eigenvalue weighted by molar-refractivity contribution is 6.38. The highest BCUT2D eigenvalue weighted by Gasteiger charge is 2.29. The zero-order valence-electron chi connectivity index (χ0n) is 82.9.